The molecule has 4 heteroatoms. The summed E-state index contributed by atoms with van der Waals surface area (Å²) in [7, 11) is 0. The molecule has 2 aliphatic heterocycles. The lowest BCUT2D eigenvalue weighted by Gasteiger charge is -2.34. The maximum atomic E-state index is 2.49. The van der Waals surface area contributed by atoms with E-state index in [1.54, 1.807) is 0 Å². The molecule has 0 N–H and O–H groups in total. The van der Waals surface area contributed by atoms with Crippen LogP contribution in [0.3, 0.4) is 0 Å². The number of benzene rings is 8. The summed E-state index contributed by atoms with van der Waals surface area (Å²) in [5.74, 6) is 0. The second-order valence-corrected chi connectivity index (χ2v) is 16.9. The van der Waals surface area contributed by atoms with Gasteiger partial charge in [-0.1, -0.05) is 163 Å². The number of rotatable bonds is 4. The summed E-state index contributed by atoms with van der Waals surface area (Å²) in [5.41, 5.74) is 13.5. The normalized spacial score (nSPS) is 14.3. The molecule has 0 spiro atoms. The molecule has 0 saturated heterocycles. The zero-order valence-corrected chi connectivity index (χ0v) is 31.0. The van der Waals surface area contributed by atoms with E-state index in [0.717, 1.165) is 0 Å². The van der Waals surface area contributed by atoms with Crippen molar-refractivity contribution in [3.05, 3.63) is 210 Å². The summed E-state index contributed by atoms with van der Waals surface area (Å²) in [6.07, 6.45) is 0. The Kier molecular flexibility index (Phi) is 7.26. The molecule has 0 saturated carbocycles. The quantitative estimate of drug-likeness (QED) is 0.177. The summed E-state index contributed by atoms with van der Waals surface area (Å²) in [5, 5.41) is 0. The maximum absolute atomic E-state index is 2.49. The standard InChI is InChI=1S/C49H31NS3/c1-4-14-34(15-5-1)49(35-16-6-2-7-17-35)38-27-29-45-48(53-44-23-13-12-22-43(44)52-45)47(38)37-26-24-32(30-39(37)49)33-25-28-41-46(31-33)51-42-21-11-10-20-40(42)50(41)36-18-8-3-9-19-36/h1-31H. The fourth-order valence-corrected chi connectivity index (χ4v) is 12.0. The minimum atomic E-state index is -0.480. The first-order valence-corrected chi connectivity index (χ1v) is 20.4. The van der Waals surface area contributed by atoms with E-state index in [4.69, 9.17) is 0 Å². The highest BCUT2D eigenvalue weighted by molar-refractivity contribution is 8.05. The average Bonchev–Trinajstić information content (AvgIpc) is 3.53. The minimum absolute atomic E-state index is 0.480. The van der Waals surface area contributed by atoms with E-state index < -0.39 is 5.41 Å². The molecule has 0 amide bonds. The fraction of sp³-hybridized carbons (Fsp3) is 0.0204. The van der Waals surface area contributed by atoms with E-state index in [2.05, 4.69) is 193 Å². The van der Waals surface area contributed by atoms with Crippen LogP contribution >= 0.6 is 35.3 Å². The van der Waals surface area contributed by atoms with E-state index in [1.165, 1.54) is 90.9 Å². The van der Waals surface area contributed by atoms with Gasteiger partial charge in [-0.05, 0) is 99.6 Å². The average molecular weight is 730 g/mol. The molecule has 0 aromatic heterocycles. The molecule has 8 aromatic carbocycles. The molecule has 0 bridgehead atoms. The van der Waals surface area contributed by atoms with Crippen LogP contribution in [-0.4, -0.2) is 0 Å². The molecule has 250 valence electrons. The van der Waals surface area contributed by atoms with Gasteiger partial charge in [0.2, 0.25) is 0 Å². The second-order valence-electron chi connectivity index (χ2n) is 13.6. The summed E-state index contributed by atoms with van der Waals surface area (Å²) in [6, 6.07) is 69.6. The van der Waals surface area contributed by atoms with Gasteiger partial charge in [0.05, 0.1) is 16.8 Å². The molecule has 11 rings (SSSR count). The largest absolute Gasteiger partial charge is 0.308 e. The lowest BCUT2D eigenvalue weighted by atomic mass is 9.67. The van der Waals surface area contributed by atoms with Crippen molar-refractivity contribution in [2.75, 3.05) is 4.90 Å². The van der Waals surface area contributed by atoms with Crippen LogP contribution in [0.15, 0.2) is 217 Å². The third kappa shape index (κ3) is 4.76. The zero-order valence-electron chi connectivity index (χ0n) is 28.6. The van der Waals surface area contributed by atoms with Gasteiger partial charge in [0, 0.05) is 40.6 Å². The van der Waals surface area contributed by atoms with Crippen LogP contribution in [0, 0.1) is 0 Å². The third-order valence-electron chi connectivity index (χ3n) is 10.8. The summed E-state index contributed by atoms with van der Waals surface area (Å²) < 4.78 is 0. The first-order valence-electron chi connectivity index (χ1n) is 17.9. The Bertz CT molecular complexity index is 2670. The van der Waals surface area contributed by atoms with Crippen molar-refractivity contribution in [2.45, 2.75) is 34.8 Å². The van der Waals surface area contributed by atoms with Gasteiger partial charge in [0.15, 0.2) is 0 Å². The second kappa shape index (κ2) is 12.3. The minimum Gasteiger partial charge on any atom is -0.308 e. The molecular weight excluding hydrogens is 699 g/mol. The van der Waals surface area contributed by atoms with Gasteiger partial charge < -0.3 is 4.90 Å². The summed E-state index contributed by atoms with van der Waals surface area (Å²) in [4.78, 5) is 10.3. The van der Waals surface area contributed by atoms with Crippen molar-refractivity contribution < 1.29 is 0 Å². The molecule has 53 heavy (non-hydrogen) atoms. The van der Waals surface area contributed by atoms with Gasteiger partial charge in [-0.15, -0.1) is 0 Å². The predicted octanol–water partition coefficient (Wildman–Crippen LogP) is 14.3. The van der Waals surface area contributed by atoms with Gasteiger partial charge in [-0.2, -0.15) is 0 Å². The number of fused-ring (bicyclic) bond motifs is 8. The molecule has 8 aromatic rings. The van der Waals surface area contributed by atoms with Crippen LogP contribution in [0.5, 0.6) is 0 Å². The summed E-state index contributed by atoms with van der Waals surface area (Å²) >= 11 is 5.68. The van der Waals surface area contributed by atoms with E-state index >= 15 is 0 Å². The Morgan fingerprint density at radius 2 is 0.943 bits per heavy atom. The number of nitrogens with zero attached hydrogens (tertiary/aromatic N) is 1. The van der Waals surface area contributed by atoms with Crippen molar-refractivity contribution in [2.24, 2.45) is 0 Å². The number of para-hydroxylation sites is 2. The summed E-state index contributed by atoms with van der Waals surface area (Å²) in [6.45, 7) is 0. The van der Waals surface area contributed by atoms with Gasteiger partial charge >= 0.3 is 0 Å². The van der Waals surface area contributed by atoms with Crippen LogP contribution in [0.1, 0.15) is 22.3 Å². The monoisotopic (exact) mass is 729 g/mol. The van der Waals surface area contributed by atoms with Crippen molar-refractivity contribution in [3.8, 4) is 22.3 Å². The Morgan fingerprint density at radius 1 is 0.377 bits per heavy atom. The first kappa shape index (κ1) is 31.2. The van der Waals surface area contributed by atoms with Crippen LogP contribution in [0.25, 0.3) is 22.3 Å². The third-order valence-corrected chi connectivity index (χ3v) is 14.5. The molecule has 1 nitrogen and oxygen atoms in total. The van der Waals surface area contributed by atoms with Gasteiger partial charge in [-0.3, -0.25) is 0 Å². The van der Waals surface area contributed by atoms with Crippen molar-refractivity contribution in [1.29, 1.82) is 0 Å². The molecule has 0 atom stereocenters. The van der Waals surface area contributed by atoms with Crippen molar-refractivity contribution >= 4 is 52.3 Å². The van der Waals surface area contributed by atoms with Gasteiger partial charge in [-0.25, -0.2) is 0 Å². The Hall–Kier alpha value is -5.39. The van der Waals surface area contributed by atoms with E-state index in [0.29, 0.717) is 0 Å². The Balaban J connectivity index is 1.13. The van der Waals surface area contributed by atoms with Crippen molar-refractivity contribution in [1.82, 2.24) is 0 Å². The van der Waals surface area contributed by atoms with Crippen molar-refractivity contribution in [3.63, 3.8) is 0 Å². The topological polar surface area (TPSA) is 3.24 Å². The van der Waals surface area contributed by atoms with E-state index in [1.807, 2.05) is 35.3 Å². The zero-order chi connectivity index (χ0) is 34.9. The van der Waals surface area contributed by atoms with Crippen LogP contribution < -0.4 is 4.90 Å². The smallest absolute Gasteiger partial charge is 0.0714 e. The lowest BCUT2D eigenvalue weighted by molar-refractivity contribution is 0.766. The van der Waals surface area contributed by atoms with E-state index in [9.17, 15) is 0 Å². The number of anilines is 3. The highest BCUT2D eigenvalue weighted by Crippen LogP contribution is 2.62. The Labute approximate surface area is 322 Å². The van der Waals surface area contributed by atoms with Crippen LogP contribution in [0.4, 0.5) is 17.1 Å². The molecular formula is C49H31NS3. The fourth-order valence-electron chi connectivity index (χ4n) is 8.53. The molecule has 2 heterocycles. The Morgan fingerprint density at radius 3 is 1.68 bits per heavy atom. The van der Waals surface area contributed by atoms with Gasteiger partial charge in [0.25, 0.3) is 0 Å². The predicted molar refractivity (Wildman–Crippen MR) is 223 cm³/mol. The van der Waals surface area contributed by atoms with E-state index in [-0.39, 0.29) is 0 Å². The van der Waals surface area contributed by atoms with Gasteiger partial charge in [0.1, 0.15) is 0 Å². The number of hydrogen-bond acceptors (Lipinski definition) is 4. The molecule has 0 radical (unpaired) electrons. The molecule has 0 unspecified atom stereocenters. The SMILES string of the molecule is c1ccc(N2c3ccccc3Sc3cc(-c4ccc5c(c4)C(c4ccccc4)(c4ccccc4)c4ccc6c(c4-5)Sc4ccccc4S6)ccc32)cc1. The molecule has 0 fully saturated rings. The lowest BCUT2D eigenvalue weighted by Crippen LogP contribution is -2.28. The number of hydrogen-bond donors (Lipinski definition) is 0. The van der Waals surface area contributed by atoms with Crippen LogP contribution in [-0.2, 0) is 5.41 Å². The highest BCUT2D eigenvalue weighted by Gasteiger charge is 2.48. The molecule has 3 aliphatic rings. The highest BCUT2D eigenvalue weighted by atomic mass is 32.2. The molecule has 1 aliphatic carbocycles. The van der Waals surface area contributed by atoms with Crippen LogP contribution in [0.2, 0.25) is 0 Å². The first-order chi connectivity index (χ1) is 26.3. The maximum Gasteiger partial charge on any atom is 0.0714 e.